The third kappa shape index (κ3) is 5.42. The first-order valence-corrected chi connectivity index (χ1v) is 12.9. The van der Waals surface area contributed by atoms with Crippen LogP contribution in [-0.2, 0) is 0 Å². The predicted octanol–water partition coefficient (Wildman–Crippen LogP) is 6.71. The number of rotatable bonds is 5. The van der Waals surface area contributed by atoms with E-state index in [1.54, 1.807) is 30.3 Å². The smallest absolute Gasteiger partial charge is 0.256 e. The summed E-state index contributed by atoms with van der Waals surface area (Å²) in [6.45, 7) is 0.386. The number of fused-ring (bicyclic) bond motifs is 2. The lowest BCUT2D eigenvalue weighted by Crippen LogP contribution is -2.11. The molecule has 0 saturated carbocycles. The minimum absolute atomic E-state index is 0.108. The van der Waals surface area contributed by atoms with E-state index in [1.807, 2.05) is 78.9 Å². The molecule has 0 bridgehead atoms. The van der Waals surface area contributed by atoms with E-state index in [2.05, 4.69) is 9.97 Å². The maximum Gasteiger partial charge on any atom is 0.256 e. The molecule has 39 heavy (non-hydrogen) atoms. The van der Waals surface area contributed by atoms with E-state index in [-0.39, 0.29) is 16.9 Å². The molecule has 6 aromatic rings. The Morgan fingerprint density at radius 1 is 0.590 bits per heavy atom. The predicted molar refractivity (Wildman–Crippen MR) is 158 cm³/mol. The van der Waals surface area contributed by atoms with Crippen molar-refractivity contribution in [2.24, 2.45) is 0 Å². The number of nitrogens with one attached hydrogen (secondary N) is 2. The number of hydrogen-bond donors (Lipinski definition) is 3. The lowest BCUT2D eigenvalue weighted by atomic mass is 10.1. The minimum atomic E-state index is -0.192. The summed E-state index contributed by atoms with van der Waals surface area (Å²) in [6.07, 6.45) is 0. The van der Waals surface area contributed by atoms with Gasteiger partial charge >= 0.3 is 0 Å². The second kappa shape index (κ2) is 11.7. The number of aromatic amines is 2. The average Bonchev–Trinajstić information content (AvgIpc) is 3.00. The molecule has 0 spiro atoms. The first-order chi connectivity index (χ1) is 19.1. The van der Waals surface area contributed by atoms with E-state index >= 15 is 0 Å². The maximum absolute atomic E-state index is 12.3. The topological polar surface area (TPSA) is 95.2 Å². The summed E-state index contributed by atoms with van der Waals surface area (Å²) in [6, 6.07) is 33.4. The van der Waals surface area contributed by atoms with E-state index in [1.165, 1.54) is 0 Å². The SMILES string of the molecule is O=c1[nH]c(-c2ccccc2)c(O)c2ccccc12.O=c1[nH]c(-c2ccccc2)c(OCCCl)c2ccccc12. The van der Waals surface area contributed by atoms with E-state index in [4.69, 9.17) is 16.3 Å². The second-order valence-corrected chi connectivity index (χ2v) is 9.07. The van der Waals surface area contributed by atoms with Crippen molar-refractivity contribution >= 4 is 33.1 Å². The monoisotopic (exact) mass is 536 g/mol. The number of hydrogen-bond acceptors (Lipinski definition) is 4. The zero-order valence-corrected chi connectivity index (χ0v) is 21.6. The lowest BCUT2D eigenvalue weighted by molar-refractivity contribution is 0.347. The van der Waals surface area contributed by atoms with Crippen molar-refractivity contribution in [3.63, 3.8) is 0 Å². The van der Waals surface area contributed by atoms with Gasteiger partial charge in [0.25, 0.3) is 11.1 Å². The summed E-state index contributed by atoms with van der Waals surface area (Å²) in [5.74, 6) is 1.16. The zero-order valence-electron chi connectivity index (χ0n) is 20.9. The number of pyridine rings is 2. The van der Waals surface area contributed by atoms with Crippen molar-refractivity contribution in [1.29, 1.82) is 0 Å². The molecule has 0 aliphatic rings. The Morgan fingerprint density at radius 3 is 1.59 bits per heavy atom. The Kier molecular flexibility index (Phi) is 7.75. The second-order valence-electron chi connectivity index (χ2n) is 8.70. The number of H-pyrrole nitrogens is 2. The summed E-state index contributed by atoms with van der Waals surface area (Å²) in [4.78, 5) is 29.9. The number of halogens is 1. The number of ether oxygens (including phenoxy) is 1. The Morgan fingerprint density at radius 2 is 1.03 bits per heavy atom. The van der Waals surface area contributed by atoms with Crippen molar-refractivity contribution in [3.8, 4) is 34.0 Å². The fourth-order valence-corrected chi connectivity index (χ4v) is 4.50. The van der Waals surface area contributed by atoms with Crippen LogP contribution in [-0.4, -0.2) is 27.6 Å². The molecule has 2 heterocycles. The van der Waals surface area contributed by atoms with E-state index in [0.717, 1.165) is 16.5 Å². The van der Waals surface area contributed by atoms with Crippen LogP contribution >= 0.6 is 11.6 Å². The van der Waals surface area contributed by atoms with Crippen LogP contribution in [0.5, 0.6) is 11.5 Å². The fourth-order valence-electron chi connectivity index (χ4n) is 4.43. The van der Waals surface area contributed by atoms with Gasteiger partial charge < -0.3 is 19.8 Å². The number of aromatic nitrogens is 2. The number of alkyl halides is 1. The van der Waals surface area contributed by atoms with Crippen LogP contribution in [0.2, 0.25) is 0 Å². The molecule has 0 aliphatic carbocycles. The molecule has 0 unspecified atom stereocenters. The summed E-state index contributed by atoms with van der Waals surface area (Å²) in [5.41, 5.74) is 2.52. The molecule has 0 atom stereocenters. The average molecular weight is 537 g/mol. The van der Waals surface area contributed by atoms with Gasteiger partial charge in [-0.05, 0) is 12.1 Å². The lowest BCUT2D eigenvalue weighted by Gasteiger charge is -2.13. The molecule has 6 nitrogen and oxygen atoms in total. The van der Waals surface area contributed by atoms with Crippen LogP contribution in [0.3, 0.4) is 0 Å². The first-order valence-electron chi connectivity index (χ1n) is 12.4. The van der Waals surface area contributed by atoms with E-state index in [0.29, 0.717) is 45.8 Å². The molecule has 6 rings (SSSR count). The van der Waals surface area contributed by atoms with Crippen LogP contribution in [0.1, 0.15) is 0 Å². The number of aromatic hydroxyl groups is 1. The van der Waals surface area contributed by atoms with Gasteiger partial charge in [0.05, 0.1) is 28.0 Å². The quantitative estimate of drug-likeness (QED) is 0.213. The molecule has 194 valence electrons. The van der Waals surface area contributed by atoms with E-state index in [9.17, 15) is 14.7 Å². The molecule has 7 heteroatoms. The minimum Gasteiger partial charge on any atom is -0.505 e. The van der Waals surface area contributed by atoms with Crippen LogP contribution < -0.4 is 15.9 Å². The van der Waals surface area contributed by atoms with Crippen molar-refractivity contribution in [3.05, 3.63) is 130 Å². The van der Waals surface area contributed by atoms with Gasteiger partial charge in [0, 0.05) is 21.9 Å². The van der Waals surface area contributed by atoms with Crippen LogP contribution in [0.4, 0.5) is 0 Å². The van der Waals surface area contributed by atoms with Gasteiger partial charge in [-0.2, -0.15) is 0 Å². The molecular formula is C32H25ClN2O4. The van der Waals surface area contributed by atoms with Gasteiger partial charge in [0.15, 0.2) is 5.75 Å². The Bertz CT molecular complexity index is 1850. The van der Waals surface area contributed by atoms with Crippen LogP contribution in [0, 0.1) is 0 Å². The fraction of sp³-hybridized carbons (Fsp3) is 0.0625. The molecular weight excluding hydrogens is 512 g/mol. The number of benzene rings is 4. The van der Waals surface area contributed by atoms with Crippen molar-refractivity contribution < 1.29 is 9.84 Å². The molecule has 2 aromatic heterocycles. The molecule has 4 aromatic carbocycles. The molecule has 0 saturated heterocycles. The molecule has 0 amide bonds. The normalized spacial score (nSPS) is 10.7. The van der Waals surface area contributed by atoms with Crippen LogP contribution in [0.25, 0.3) is 44.1 Å². The highest BCUT2D eigenvalue weighted by Crippen LogP contribution is 2.33. The summed E-state index contributed by atoms with van der Waals surface area (Å²) in [5, 5.41) is 12.7. The zero-order chi connectivity index (χ0) is 27.2. The summed E-state index contributed by atoms with van der Waals surface area (Å²) < 4.78 is 5.81. The molecule has 0 aliphatic heterocycles. The summed E-state index contributed by atoms with van der Waals surface area (Å²) >= 11 is 5.74. The highest BCUT2D eigenvalue weighted by atomic mass is 35.5. The first kappa shape index (κ1) is 25.8. The highest BCUT2D eigenvalue weighted by molar-refractivity contribution is 6.18. The van der Waals surface area contributed by atoms with Gasteiger partial charge in [-0.1, -0.05) is 97.1 Å². The standard InChI is InChI=1S/C17H14ClNO2.C15H11NO2/c18-10-11-21-16-13-8-4-5-9-14(13)17(20)19-15(16)12-6-2-1-3-7-12;17-14-11-8-4-5-9-12(11)15(18)16-13(14)10-6-2-1-3-7-10/h1-9H,10-11H2,(H,19,20);1-9,17H,(H,16,18). The largest absolute Gasteiger partial charge is 0.505 e. The Labute approximate surface area is 229 Å². The van der Waals surface area contributed by atoms with Crippen molar-refractivity contribution in [2.75, 3.05) is 12.5 Å². The molecule has 0 radical (unpaired) electrons. The highest BCUT2D eigenvalue weighted by Gasteiger charge is 2.14. The third-order valence-corrected chi connectivity index (χ3v) is 6.39. The van der Waals surface area contributed by atoms with Gasteiger partial charge in [-0.15, -0.1) is 11.6 Å². The Hall–Kier alpha value is -4.81. The van der Waals surface area contributed by atoms with Gasteiger partial charge in [0.1, 0.15) is 12.4 Å². The van der Waals surface area contributed by atoms with Crippen molar-refractivity contribution in [1.82, 2.24) is 9.97 Å². The van der Waals surface area contributed by atoms with Gasteiger partial charge in [-0.25, -0.2) is 0 Å². The maximum atomic E-state index is 12.3. The van der Waals surface area contributed by atoms with E-state index < -0.39 is 0 Å². The van der Waals surface area contributed by atoms with Gasteiger partial charge in [0.2, 0.25) is 0 Å². The molecule has 0 fully saturated rings. The summed E-state index contributed by atoms with van der Waals surface area (Å²) in [7, 11) is 0. The molecule has 3 N–H and O–H groups in total. The van der Waals surface area contributed by atoms with Crippen LogP contribution in [0.15, 0.2) is 119 Å². The van der Waals surface area contributed by atoms with Gasteiger partial charge in [-0.3, -0.25) is 9.59 Å². The third-order valence-electron chi connectivity index (χ3n) is 6.23. The van der Waals surface area contributed by atoms with Crippen molar-refractivity contribution in [2.45, 2.75) is 0 Å². The Balaban J connectivity index is 0.000000160.